The maximum atomic E-state index is 12.5. The SMILES string of the molecule is CN(Cc1ccc(-c2ccc(Br)cc2)o1)C(=O)c1ccc[nH]c1=S. The molecular formula is C18H15BrN2O2S. The molecule has 0 saturated carbocycles. The number of H-pyrrole nitrogens is 1. The van der Waals surface area contributed by atoms with Gasteiger partial charge in [-0.05, 0) is 36.4 Å². The molecule has 24 heavy (non-hydrogen) atoms. The number of carbonyl (C=O) groups is 1. The quantitative estimate of drug-likeness (QED) is 0.621. The van der Waals surface area contributed by atoms with Crippen LogP contribution in [0.25, 0.3) is 11.3 Å². The lowest BCUT2D eigenvalue weighted by Gasteiger charge is -2.15. The van der Waals surface area contributed by atoms with Crippen molar-refractivity contribution in [2.75, 3.05) is 7.05 Å². The van der Waals surface area contributed by atoms with Crippen LogP contribution < -0.4 is 0 Å². The van der Waals surface area contributed by atoms with Gasteiger partial charge in [-0.3, -0.25) is 4.79 Å². The third-order valence-electron chi connectivity index (χ3n) is 3.58. The van der Waals surface area contributed by atoms with Crippen molar-refractivity contribution in [1.29, 1.82) is 0 Å². The molecule has 0 saturated heterocycles. The molecule has 1 N–H and O–H groups in total. The van der Waals surface area contributed by atoms with E-state index in [-0.39, 0.29) is 5.91 Å². The van der Waals surface area contributed by atoms with Gasteiger partial charge in [-0.15, -0.1) is 0 Å². The number of carbonyl (C=O) groups excluding carboxylic acids is 1. The Morgan fingerprint density at radius 2 is 1.96 bits per heavy atom. The Labute approximate surface area is 153 Å². The van der Waals surface area contributed by atoms with E-state index in [2.05, 4.69) is 20.9 Å². The molecule has 4 nitrogen and oxygen atoms in total. The zero-order valence-electron chi connectivity index (χ0n) is 13.0. The van der Waals surface area contributed by atoms with E-state index >= 15 is 0 Å². The van der Waals surface area contributed by atoms with Crippen LogP contribution in [0, 0.1) is 4.64 Å². The first-order chi connectivity index (χ1) is 11.5. The predicted octanol–water partition coefficient (Wildman–Crippen LogP) is 5.04. The Kier molecular flexibility index (Phi) is 4.97. The van der Waals surface area contributed by atoms with Gasteiger partial charge < -0.3 is 14.3 Å². The molecule has 0 atom stereocenters. The van der Waals surface area contributed by atoms with Gasteiger partial charge in [0, 0.05) is 23.3 Å². The number of benzene rings is 1. The molecule has 0 fully saturated rings. The van der Waals surface area contributed by atoms with Crippen molar-refractivity contribution in [3.63, 3.8) is 0 Å². The predicted molar refractivity (Wildman–Crippen MR) is 99.3 cm³/mol. The number of furan rings is 1. The second-order valence-corrected chi connectivity index (χ2v) is 6.67. The smallest absolute Gasteiger partial charge is 0.257 e. The minimum absolute atomic E-state index is 0.140. The maximum absolute atomic E-state index is 12.5. The Balaban J connectivity index is 1.75. The zero-order chi connectivity index (χ0) is 17.1. The van der Waals surface area contributed by atoms with E-state index in [1.54, 1.807) is 30.3 Å². The van der Waals surface area contributed by atoms with Gasteiger partial charge in [0.15, 0.2) is 0 Å². The lowest BCUT2D eigenvalue weighted by atomic mass is 10.2. The normalized spacial score (nSPS) is 10.6. The monoisotopic (exact) mass is 402 g/mol. The summed E-state index contributed by atoms with van der Waals surface area (Å²) >= 11 is 8.57. The van der Waals surface area contributed by atoms with E-state index in [9.17, 15) is 4.79 Å². The van der Waals surface area contributed by atoms with Crippen LogP contribution in [-0.2, 0) is 6.54 Å². The molecule has 0 aliphatic rings. The average molecular weight is 403 g/mol. The van der Waals surface area contributed by atoms with Crippen LogP contribution in [0.1, 0.15) is 16.1 Å². The molecule has 0 bridgehead atoms. The summed E-state index contributed by atoms with van der Waals surface area (Å²) in [6.07, 6.45) is 1.70. The Morgan fingerprint density at radius 1 is 1.21 bits per heavy atom. The summed E-state index contributed by atoms with van der Waals surface area (Å²) in [6.45, 7) is 0.374. The molecule has 0 unspecified atom stereocenters. The minimum atomic E-state index is -0.140. The van der Waals surface area contributed by atoms with Gasteiger partial charge in [-0.25, -0.2) is 0 Å². The molecule has 1 amide bonds. The molecule has 3 rings (SSSR count). The fourth-order valence-electron chi connectivity index (χ4n) is 2.33. The number of aromatic amines is 1. The summed E-state index contributed by atoms with van der Waals surface area (Å²) in [7, 11) is 1.73. The second kappa shape index (κ2) is 7.15. The van der Waals surface area contributed by atoms with Crippen molar-refractivity contribution >= 4 is 34.1 Å². The van der Waals surface area contributed by atoms with Crippen LogP contribution in [0.2, 0.25) is 0 Å². The number of pyridine rings is 1. The lowest BCUT2D eigenvalue weighted by molar-refractivity contribution is 0.0775. The Bertz CT molecular complexity index is 915. The van der Waals surface area contributed by atoms with Gasteiger partial charge >= 0.3 is 0 Å². The van der Waals surface area contributed by atoms with Crippen molar-refractivity contribution in [1.82, 2.24) is 9.88 Å². The summed E-state index contributed by atoms with van der Waals surface area (Å²) < 4.78 is 7.30. The molecule has 0 spiro atoms. The number of rotatable bonds is 4. The van der Waals surface area contributed by atoms with E-state index in [1.165, 1.54) is 0 Å². The summed E-state index contributed by atoms with van der Waals surface area (Å²) in [6, 6.07) is 15.1. The van der Waals surface area contributed by atoms with Crippen LogP contribution in [0.15, 0.2) is 63.6 Å². The molecule has 2 heterocycles. The molecule has 0 aliphatic heterocycles. The van der Waals surface area contributed by atoms with Crippen LogP contribution in [0.4, 0.5) is 0 Å². The van der Waals surface area contributed by atoms with Crippen molar-refractivity contribution < 1.29 is 9.21 Å². The second-order valence-electron chi connectivity index (χ2n) is 5.35. The number of hydrogen-bond acceptors (Lipinski definition) is 3. The van der Waals surface area contributed by atoms with Crippen LogP contribution >= 0.6 is 28.1 Å². The fraction of sp³-hybridized carbons (Fsp3) is 0.111. The Morgan fingerprint density at radius 3 is 2.67 bits per heavy atom. The highest BCUT2D eigenvalue weighted by Crippen LogP contribution is 2.24. The van der Waals surface area contributed by atoms with Gasteiger partial charge in [0.1, 0.15) is 16.2 Å². The van der Waals surface area contributed by atoms with E-state index in [0.717, 1.165) is 21.6 Å². The van der Waals surface area contributed by atoms with Crippen molar-refractivity contribution in [3.05, 3.63) is 75.2 Å². The molecule has 1 aromatic carbocycles. The van der Waals surface area contributed by atoms with Crippen LogP contribution in [0.3, 0.4) is 0 Å². The molecular weight excluding hydrogens is 388 g/mol. The van der Waals surface area contributed by atoms with Gasteiger partial charge in [0.25, 0.3) is 5.91 Å². The number of halogens is 1. The van der Waals surface area contributed by atoms with Crippen LogP contribution in [0.5, 0.6) is 0 Å². The Hall–Kier alpha value is -2.18. The minimum Gasteiger partial charge on any atom is -0.459 e. The first-order valence-corrected chi connectivity index (χ1v) is 8.52. The van der Waals surface area contributed by atoms with E-state index in [4.69, 9.17) is 16.6 Å². The first-order valence-electron chi connectivity index (χ1n) is 7.32. The molecule has 3 aromatic rings. The first kappa shape index (κ1) is 16.7. The molecule has 122 valence electrons. The average Bonchev–Trinajstić information content (AvgIpc) is 3.04. The van der Waals surface area contributed by atoms with Gasteiger partial charge in [-0.2, -0.15) is 0 Å². The number of nitrogens with one attached hydrogen (secondary N) is 1. The number of aromatic nitrogens is 1. The summed E-state index contributed by atoms with van der Waals surface area (Å²) in [5.74, 6) is 1.35. The third kappa shape index (κ3) is 3.66. The van der Waals surface area contributed by atoms with E-state index in [0.29, 0.717) is 16.7 Å². The van der Waals surface area contributed by atoms with Crippen molar-refractivity contribution in [2.45, 2.75) is 6.54 Å². The topological polar surface area (TPSA) is 49.2 Å². The van der Waals surface area contributed by atoms with E-state index in [1.807, 2.05) is 36.4 Å². The van der Waals surface area contributed by atoms with Crippen molar-refractivity contribution in [2.24, 2.45) is 0 Å². The highest BCUT2D eigenvalue weighted by molar-refractivity contribution is 9.10. The summed E-state index contributed by atoms with van der Waals surface area (Å²) in [5.41, 5.74) is 1.47. The lowest BCUT2D eigenvalue weighted by Crippen LogP contribution is -2.26. The van der Waals surface area contributed by atoms with Crippen LogP contribution in [-0.4, -0.2) is 22.8 Å². The maximum Gasteiger partial charge on any atom is 0.257 e. The van der Waals surface area contributed by atoms with Gasteiger partial charge in [0.2, 0.25) is 0 Å². The number of hydrogen-bond donors (Lipinski definition) is 1. The summed E-state index contributed by atoms with van der Waals surface area (Å²) in [5, 5.41) is 0. The fourth-order valence-corrected chi connectivity index (χ4v) is 2.82. The molecule has 6 heteroatoms. The van der Waals surface area contributed by atoms with Crippen molar-refractivity contribution in [3.8, 4) is 11.3 Å². The van der Waals surface area contributed by atoms with E-state index < -0.39 is 0 Å². The standard InChI is InChI=1S/C18H15BrN2O2S/c1-21(18(22)15-3-2-10-20-17(15)24)11-14-8-9-16(23-14)12-4-6-13(19)7-5-12/h2-10H,11H2,1H3,(H,20,24). The molecule has 2 aromatic heterocycles. The van der Waals surface area contributed by atoms with Gasteiger partial charge in [-0.1, -0.05) is 40.3 Å². The number of amides is 1. The molecule has 0 radical (unpaired) electrons. The number of nitrogens with zero attached hydrogens (tertiary/aromatic N) is 1. The zero-order valence-corrected chi connectivity index (χ0v) is 15.4. The largest absolute Gasteiger partial charge is 0.459 e. The third-order valence-corrected chi connectivity index (χ3v) is 4.45. The van der Waals surface area contributed by atoms with Gasteiger partial charge in [0.05, 0.1) is 12.1 Å². The highest BCUT2D eigenvalue weighted by atomic mass is 79.9. The highest BCUT2D eigenvalue weighted by Gasteiger charge is 2.15. The summed E-state index contributed by atoms with van der Waals surface area (Å²) in [4.78, 5) is 16.9. The molecule has 0 aliphatic carbocycles.